The van der Waals surface area contributed by atoms with Crippen molar-refractivity contribution >= 4 is 5.91 Å². The van der Waals surface area contributed by atoms with Gasteiger partial charge in [0.25, 0.3) is 5.91 Å². The monoisotopic (exact) mass is 357 g/mol. The summed E-state index contributed by atoms with van der Waals surface area (Å²) >= 11 is 0. The second-order valence-electron chi connectivity index (χ2n) is 6.77. The summed E-state index contributed by atoms with van der Waals surface area (Å²) in [6, 6.07) is 7.07. The fourth-order valence-electron chi connectivity index (χ4n) is 3.69. The van der Waals surface area contributed by atoms with Crippen molar-refractivity contribution in [2.45, 2.75) is 37.6 Å². The molecule has 138 valence electrons. The summed E-state index contributed by atoms with van der Waals surface area (Å²) < 4.78 is 16.2. The number of hydrogen-bond acceptors (Lipinski definition) is 6. The van der Waals surface area contributed by atoms with Gasteiger partial charge in [0.05, 0.1) is 7.11 Å². The molecule has 7 nitrogen and oxygen atoms in total. The van der Waals surface area contributed by atoms with Crippen LogP contribution in [0.3, 0.4) is 0 Å². The van der Waals surface area contributed by atoms with E-state index in [2.05, 4.69) is 10.1 Å². The molecule has 7 heteroatoms. The highest BCUT2D eigenvalue weighted by molar-refractivity contribution is 5.95. The van der Waals surface area contributed by atoms with Crippen LogP contribution in [0.1, 0.15) is 59.7 Å². The molecule has 3 heterocycles. The van der Waals surface area contributed by atoms with E-state index in [1.54, 1.807) is 13.2 Å². The molecule has 1 amide bonds. The molecule has 2 aromatic rings. The van der Waals surface area contributed by atoms with Crippen molar-refractivity contribution in [1.29, 1.82) is 0 Å². The second-order valence-corrected chi connectivity index (χ2v) is 6.77. The molecule has 1 aromatic heterocycles. The molecule has 2 aliphatic heterocycles. The lowest BCUT2D eigenvalue weighted by atomic mass is 10.00. The average Bonchev–Trinajstić information content (AvgIpc) is 3.37. The minimum Gasteiger partial charge on any atom is -0.497 e. The minimum absolute atomic E-state index is 0.0304. The molecule has 0 aliphatic carbocycles. The Kier molecular flexibility index (Phi) is 4.88. The third-order valence-electron chi connectivity index (χ3n) is 5.16. The van der Waals surface area contributed by atoms with Crippen molar-refractivity contribution < 1.29 is 18.8 Å². The van der Waals surface area contributed by atoms with Crippen LogP contribution in [0.15, 0.2) is 28.8 Å². The summed E-state index contributed by atoms with van der Waals surface area (Å²) in [5, 5.41) is 4.18. The minimum atomic E-state index is -0.158. The summed E-state index contributed by atoms with van der Waals surface area (Å²) in [7, 11) is 1.60. The fourth-order valence-corrected chi connectivity index (χ4v) is 3.69. The van der Waals surface area contributed by atoms with Crippen LogP contribution < -0.4 is 4.74 Å². The highest BCUT2D eigenvalue weighted by atomic mass is 16.5. The van der Waals surface area contributed by atoms with E-state index in [0.29, 0.717) is 23.7 Å². The van der Waals surface area contributed by atoms with Gasteiger partial charge in [-0.3, -0.25) is 4.79 Å². The smallest absolute Gasteiger partial charge is 0.254 e. The highest BCUT2D eigenvalue weighted by Crippen LogP contribution is 2.34. The van der Waals surface area contributed by atoms with Crippen molar-refractivity contribution in [3.63, 3.8) is 0 Å². The zero-order valence-electron chi connectivity index (χ0n) is 14.9. The first kappa shape index (κ1) is 17.0. The number of aromatic nitrogens is 2. The van der Waals surface area contributed by atoms with Crippen LogP contribution in [0.25, 0.3) is 0 Å². The summed E-state index contributed by atoms with van der Waals surface area (Å²) in [5.74, 6) is 2.21. The third kappa shape index (κ3) is 3.31. The van der Waals surface area contributed by atoms with E-state index in [0.717, 1.165) is 44.7 Å². The van der Waals surface area contributed by atoms with Gasteiger partial charge in [0.1, 0.15) is 11.8 Å². The van der Waals surface area contributed by atoms with E-state index in [4.69, 9.17) is 14.0 Å². The van der Waals surface area contributed by atoms with Gasteiger partial charge in [0, 0.05) is 31.2 Å². The molecule has 2 aliphatic rings. The largest absolute Gasteiger partial charge is 0.497 e. The zero-order valence-corrected chi connectivity index (χ0v) is 14.9. The first-order valence-electron chi connectivity index (χ1n) is 9.12. The van der Waals surface area contributed by atoms with Crippen LogP contribution in [-0.2, 0) is 4.74 Å². The van der Waals surface area contributed by atoms with Crippen LogP contribution in [0, 0.1) is 0 Å². The molecule has 0 N–H and O–H groups in total. The molecule has 1 unspecified atom stereocenters. The number of nitrogens with zero attached hydrogens (tertiary/aromatic N) is 3. The maximum absolute atomic E-state index is 13.0. The zero-order chi connectivity index (χ0) is 17.9. The number of ether oxygens (including phenoxy) is 2. The van der Waals surface area contributed by atoms with Gasteiger partial charge in [-0.2, -0.15) is 4.98 Å². The Hall–Kier alpha value is -2.41. The molecule has 1 aromatic carbocycles. The van der Waals surface area contributed by atoms with E-state index < -0.39 is 0 Å². The van der Waals surface area contributed by atoms with Crippen LogP contribution in [0.4, 0.5) is 0 Å². The van der Waals surface area contributed by atoms with Crippen molar-refractivity contribution in [1.82, 2.24) is 15.0 Å². The molecule has 4 rings (SSSR count). The first-order chi connectivity index (χ1) is 12.8. The summed E-state index contributed by atoms with van der Waals surface area (Å²) in [6.07, 6.45) is 3.59. The van der Waals surface area contributed by atoms with Crippen molar-refractivity contribution in [3.05, 3.63) is 41.5 Å². The molecule has 26 heavy (non-hydrogen) atoms. The Morgan fingerprint density at radius 2 is 2.12 bits per heavy atom. The Bertz CT molecular complexity index is 770. The predicted molar refractivity (Wildman–Crippen MR) is 93.1 cm³/mol. The van der Waals surface area contributed by atoms with E-state index >= 15 is 0 Å². The average molecular weight is 357 g/mol. The first-order valence-corrected chi connectivity index (χ1v) is 9.12. The fraction of sp³-hybridized carbons (Fsp3) is 0.526. The normalized spacial score (nSPS) is 21.1. The molecule has 0 bridgehead atoms. The van der Waals surface area contributed by atoms with Gasteiger partial charge in [-0.25, -0.2) is 0 Å². The van der Waals surface area contributed by atoms with Crippen molar-refractivity contribution in [3.8, 4) is 5.75 Å². The number of methoxy groups -OCH3 is 1. The topological polar surface area (TPSA) is 77.7 Å². The van der Waals surface area contributed by atoms with E-state index in [9.17, 15) is 4.79 Å². The summed E-state index contributed by atoms with van der Waals surface area (Å²) in [6.45, 7) is 2.16. The number of hydrogen-bond donors (Lipinski definition) is 0. The van der Waals surface area contributed by atoms with Gasteiger partial charge < -0.3 is 18.9 Å². The van der Waals surface area contributed by atoms with Gasteiger partial charge in [0.15, 0.2) is 5.82 Å². The summed E-state index contributed by atoms with van der Waals surface area (Å²) in [5.41, 5.74) is 0.611. The molecule has 0 radical (unpaired) electrons. The summed E-state index contributed by atoms with van der Waals surface area (Å²) in [4.78, 5) is 19.4. The SMILES string of the molecule is COc1cccc(C(=O)N2CCCC2c2nc(C3CCOCC3)no2)c1. The molecule has 2 fully saturated rings. The van der Waals surface area contributed by atoms with E-state index in [-0.39, 0.29) is 17.9 Å². The molecule has 1 atom stereocenters. The number of rotatable bonds is 4. The standard InChI is InChI=1S/C19H23N3O4/c1-24-15-5-2-4-14(12-15)19(23)22-9-3-6-16(22)18-20-17(21-26-18)13-7-10-25-11-8-13/h2,4-5,12-13,16H,3,6-11H2,1H3. The Morgan fingerprint density at radius 1 is 1.27 bits per heavy atom. The molecule has 2 saturated heterocycles. The highest BCUT2D eigenvalue weighted by Gasteiger charge is 2.35. The Balaban J connectivity index is 1.53. The number of carbonyl (C=O) groups is 1. The lowest BCUT2D eigenvalue weighted by Gasteiger charge is -2.22. The Labute approximate surface area is 152 Å². The predicted octanol–water partition coefficient (Wildman–Crippen LogP) is 2.95. The van der Waals surface area contributed by atoms with Crippen LogP contribution in [0.5, 0.6) is 5.75 Å². The lowest BCUT2D eigenvalue weighted by Crippen LogP contribution is -2.30. The van der Waals surface area contributed by atoms with Crippen LogP contribution >= 0.6 is 0 Å². The molecule has 0 spiro atoms. The van der Waals surface area contributed by atoms with Crippen molar-refractivity contribution in [2.24, 2.45) is 0 Å². The van der Waals surface area contributed by atoms with Gasteiger partial charge in [0.2, 0.25) is 5.89 Å². The number of likely N-dealkylation sites (tertiary alicyclic amines) is 1. The third-order valence-corrected chi connectivity index (χ3v) is 5.16. The van der Waals surface area contributed by atoms with E-state index in [1.807, 2.05) is 23.1 Å². The molecule has 0 saturated carbocycles. The lowest BCUT2D eigenvalue weighted by molar-refractivity contribution is 0.0709. The maximum atomic E-state index is 13.0. The number of benzene rings is 1. The van der Waals surface area contributed by atoms with Gasteiger partial charge in [-0.1, -0.05) is 11.2 Å². The van der Waals surface area contributed by atoms with Gasteiger partial charge in [-0.15, -0.1) is 0 Å². The van der Waals surface area contributed by atoms with Crippen molar-refractivity contribution in [2.75, 3.05) is 26.9 Å². The maximum Gasteiger partial charge on any atom is 0.254 e. The second kappa shape index (κ2) is 7.45. The van der Waals surface area contributed by atoms with Crippen LogP contribution in [-0.4, -0.2) is 47.8 Å². The number of amides is 1. The van der Waals surface area contributed by atoms with Crippen LogP contribution in [0.2, 0.25) is 0 Å². The number of carbonyl (C=O) groups excluding carboxylic acids is 1. The van der Waals surface area contributed by atoms with Gasteiger partial charge >= 0.3 is 0 Å². The van der Waals surface area contributed by atoms with E-state index in [1.165, 1.54) is 0 Å². The molecular formula is C19H23N3O4. The quantitative estimate of drug-likeness (QED) is 0.837. The Morgan fingerprint density at radius 3 is 2.92 bits per heavy atom. The molecular weight excluding hydrogens is 334 g/mol. The van der Waals surface area contributed by atoms with Gasteiger partial charge in [-0.05, 0) is 43.9 Å².